The van der Waals surface area contributed by atoms with E-state index in [1.165, 1.54) is 12.1 Å². The zero-order valence-electron chi connectivity index (χ0n) is 14.4. The van der Waals surface area contributed by atoms with Crippen LogP contribution in [0.25, 0.3) is 0 Å². The lowest BCUT2D eigenvalue weighted by molar-refractivity contribution is -0.132. The quantitative estimate of drug-likeness (QED) is 0.839. The molecule has 0 unspecified atom stereocenters. The van der Waals surface area contributed by atoms with Crippen molar-refractivity contribution in [3.8, 4) is 0 Å². The lowest BCUT2D eigenvalue weighted by atomic mass is 9.89. The molecule has 0 saturated carbocycles. The Morgan fingerprint density at radius 3 is 2.62 bits per heavy atom. The summed E-state index contributed by atoms with van der Waals surface area (Å²) in [6.07, 6.45) is 0. The molecule has 1 aromatic carbocycles. The van der Waals surface area contributed by atoms with E-state index in [4.69, 9.17) is 0 Å². The molecule has 0 spiro atoms. The van der Waals surface area contributed by atoms with Crippen LogP contribution in [0.15, 0.2) is 24.3 Å². The number of rotatable bonds is 3. The topological polar surface area (TPSA) is 43.9 Å². The second-order valence-corrected chi connectivity index (χ2v) is 7.13. The van der Waals surface area contributed by atoms with Crippen molar-refractivity contribution in [3.63, 3.8) is 0 Å². The number of fused-ring (bicyclic) bond motifs is 1. The highest BCUT2D eigenvalue weighted by atomic mass is 19.1. The molecule has 5 nitrogen and oxygen atoms in total. The zero-order chi connectivity index (χ0) is 17.4. The highest BCUT2D eigenvalue weighted by Gasteiger charge is 2.49. The van der Waals surface area contributed by atoms with E-state index in [1.807, 2.05) is 34.9 Å². The fourth-order valence-electron chi connectivity index (χ4n) is 4.06. The van der Waals surface area contributed by atoms with Gasteiger partial charge in [-0.1, -0.05) is 12.1 Å². The van der Waals surface area contributed by atoms with Crippen LogP contribution in [-0.2, 0) is 9.59 Å². The first-order valence-corrected chi connectivity index (χ1v) is 8.32. The number of carbonyl (C=O) groups excluding carboxylic acids is 2. The second kappa shape index (κ2) is 6.51. The maximum absolute atomic E-state index is 13.7. The summed E-state index contributed by atoms with van der Waals surface area (Å²) >= 11 is 0. The molecule has 2 heterocycles. The number of hydrogen-bond acceptors (Lipinski definition) is 3. The molecule has 2 aliphatic rings. The van der Waals surface area contributed by atoms with E-state index in [9.17, 15) is 14.0 Å². The number of benzene rings is 1. The molecule has 2 amide bonds. The lowest BCUT2D eigenvalue weighted by Crippen LogP contribution is -2.39. The number of likely N-dealkylation sites (tertiary alicyclic amines) is 2. The largest absolute Gasteiger partial charge is 0.341 e. The summed E-state index contributed by atoms with van der Waals surface area (Å²) in [7, 11) is 3.75. The Bertz CT molecular complexity index is 649. The molecule has 0 aromatic heterocycles. The number of nitrogens with zero attached hydrogens (tertiary/aromatic N) is 3. The number of likely N-dealkylation sites (N-methyl/N-ethyl adjacent to an activating group) is 1. The van der Waals surface area contributed by atoms with Gasteiger partial charge in [0, 0.05) is 38.4 Å². The highest BCUT2D eigenvalue weighted by molar-refractivity contribution is 5.79. The Morgan fingerprint density at radius 1 is 1.25 bits per heavy atom. The maximum Gasteiger partial charge on any atom is 0.236 e. The van der Waals surface area contributed by atoms with Crippen molar-refractivity contribution in [2.45, 2.75) is 13.0 Å². The van der Waals surface area contributed by atoms with Gasteiger partial charge < -0.3 is 14.7 Å². The van der Waals surface area contributed by atoms with Crippen molar-refractivity contribution in [1.82, 2.24) is 14.7 Å². The van der Waals surface area contributed by atoms with Gasteiger partial charge in [0.25, 0.3) is 0 Å². The van der Waals surface area contributed by atoms with Crippen LogP contribution in [0.4, 0.5) is 4.39 Å². The normalized spacial score (nSPS) is 26.1. The molecule has 1 aromatic rings. The van der Waals surface area contributed by atoms with E-state index in [1.54, 1.807) is 13.0 Å². The van der Waals surface area contributed by atoms with Gasteiger partial charge in [0.2, 0.25) is 11.8 Å². The molecule has 0 N–H and O–H groups in total. The molecule has 2 aliphatic heterocycles. The summed E-state index contributed by atoms with van der Waals surface area (Å²) in [5.41, 5.74) is 0.819. The summed E-state index contributed by atoms with van der Waals surface area (Å²) in [4.78, 5) is 30.0. The van der Waals surface area contributed by atoms with Crippen molar-refractivity contribution >= 4 is 11.8 Å². The Hall–Kier alpha value is -1.95. The minimum absolute atomic E-state index is 0.00447. The second-order valence-electron chi connectivity index (χ2n) is 7.13. The average Bonchev–Trinajstić information content (AvgIpc) is 3.03. The molecule has 0 bridgehead atoms. The molecule has 2 saturated heterocycles. The molecule has 0 radical (unpaired) electrons. The monoisotopic (exact) mass is 333 g/mol. The summed E-state index contributed by atoms with van der Waals surface area (Å²) in [6.45, 7) is 3.88. The van der Waals surface area contributed by atoms with Crippen LogP contribution in [0, 0.1) is 17.7 Å². The Kier molecular flexibility index (Phi) is 4.58. The molecule has 0 aliphatic carbocycles. The predicted octanol–water partition coefficient (Wildman–Crippen LogP) is 1.37. The van der Waals surface area contributed by atoms with Crippen LogP contribution in [0.3, 0.4) is 0 Å². The van der Waals surface area contributed by atoms with E-state index in [2.05, 4.69) is 0 Å². The first-order valence-electron chi connectivity index (χ1n) is 8.32. The molecule has 130 valence electrons. The molecule has 3 rings (SSSR count). The van der Waals surface area contributed by atoms with Crippen molar-refractivity contribution in [1.29, 1.82) is 0 Å². The third kappa shape index (κ3) is 3.15. The number of halogens is 1. The minimum Gasteiger partial charge on any atom is -0.341 e. The SMILES string of the molecule is CC(=O)N1C[C@H]2CN(C(=O)CN(C)C)C[C@H]2[C@@H]1c1cccc(F)c1. The van der Waals surface area contributed by atoms with Crippen LogP contribution < -0.4 is 0 Å². The van der Waals surface area contributed by atoms with Gasteiger partial charge in [-0.15, -0.1) is 0 Å². The van der Waals surface area contributed by atoms with Gasteiger partial charge in [-0.2, -0.15) is 0 Å². The fraction of sp³-hybridized carbons (Fsp3) is 0.556. The van der Waals surface area contributed by atoms with E-state index in [-0.39, 0.29) is 35.5 Å². The first-order chi connectivity index (χ1) is 11.4. The van der Waals surface area contributed by atoms with Crippen LogP contribution in [-0.4, -0.2) is 66.8 Å². The lowest BCUT2D eigenvalue weighted by Gasteiger charge is -2.29. The molecule has 2 fully saturated rings. The van der Waals surface area contributed by atoms with Crippen LogP contribution >= 0.6 is 0 Å². The summed E-state index contributed by atoms with van der Waals surface area (Å²) < 4.78 is 13.7. The summed E-state index contributed by atoms with van der Waals surface area (Å²) in [5, 5.41) is 0. The van der Waals surface area contributed by atoms with Gasteiger partial charge in [-0.05, 0) is 31.8 Å². The molecule has 3 atom stereocenters. The van der Waals surface area contributed by atoms with Crippen LogP contribution in [0.2, 0.25) is 0 Å². The molecule has 6 heteroatoms. The third-order valence-corrected chi connectivity index (χ3v) is 5.06. The average molecular weight is 333 g/mol. The van der Waals surface area contributed by atoms with Crippen molar-refractivity contribution in [3.05, 3.63) is 35.6 Å². The van der Waals surface area contributed by atoms with Gasteiger partial charge in [-0.3, -0.25) is 9.59 Å². The number of amides is 2. The molecular weight excluding hydrogens is 309 g/mol. The van der Waals surface area contributed by atoms with Gasteiger partial charge in [0.05, 0.1) is 12.6 Å². The van der Waals surface area contributed by atoms with Gasteiger partial charge in [0.15, 0.2) is 0 Å². The minimum atomic E-state index is -0.294. The smallest absolute Gasteiger partial charge is 0.236 e. The predicted molar refractivity (Wildman–Crippen MR) is 88.6 cm³/mol. The van der Waals surface area contributed by atoms with Crippen LogP contribution in [0.5, 0.6) is 0 Å². The summed E-state index contributed by atoms with van der Waals surface area (Å²) in [6, 6.07) is 6.32. The highest BCUT2D eigenvalue weighted by Crippen LogP contribution is 2.45. The van der Waals surface area contributed by atoms with Gasteiger partial charge >= 0.3 is 0 Å². The Labute approximate surface area is 142 Å². The van der Waals surface area contributed by atoms with Gasteiger partial charge in [-0.25, -0.2) is 4.39 Å². The van der Waals surface area contributed by atoms with Gasteiger partial charge in [0.1, 0.15) is 5.82 Å². The van der Waals surface area contributed by atoms with Crippen LogP contribution in [0.1, 0.15) is 18.5 Å². The number of carbonyl (C=O) groups is 2. The van der Waals surface area contributed by atoms with E-state index >= 15 is 0 Å². The standard InChI is InChI=1S/C18H24FN3O2/c1-12(23)22-9-14-8-21(17(24)11-20(2)3)10-16(14)18(22)13-5-4-6-15(19)7-13/h4-7,14,16,18H,8-11H2,1-3H3/t14-,16-,18+/m1/s1. The fourth-order valence-corrected chi connectivity index (χ4v) is 4.06. The summed E-state index contributed by atoms with van der Waals surface area (Å²) in [5.74, 6) is 0.250. The molecular formula is C18H24FN3O2. The third-order valence-electron chi connectivity index (χ3n) is 5.06. The van der Waals surface area contributed by atoms with Crippen molar-refractivity contribution in [2.24, 2.45) is 11.8 Å². The van der Waals surface area contributed by atoms with Crippen molar-refractivity contribution in [2.75, 3.05) is 40.3 Å². The number of hydrogen-bond donors (Lipinski definition) is 0. The first kappa shape index (κ1) is 16.9. The van der Waals surface area contributed by atoms with Crippen molar-refractivity contribution < 1.29 is 14.0 Å². The Morgan fingerprint density at radius 2 is 2.00 bits per heavy atom. The van der Waals surface area contributed by atoms with E-state index in [0.717, 1.165) is 5.56 Å². The Balaban J connectivity index is 1.83. The maximum atomic E-state index is 13.7. The molecule has 24 heavy (non-hydrogen) atoms. The zero-order valence-corrected chi connectivity index (χ0v) is 14.4. The van der Waals surface area contributed by atoms with E-state index < -0.39 is 0 Å². The van der Waals surface area contributed by atoms with E-state index in [0.29, 0.717) is 26.2 Å².